The number of fused-ring (bicyclic) bond motifs is 4. The van der Waals surface area contributed by atoms with Gasteiger partial charge in [-0.1, -0.05) is 23.8 Å². The Morgan fingerprint density at radius 3 is 2.59 bits per heavy atom. The molecule has 1 nitrogen and oxygen atoms in total. The van der Waals surface area contributed by atoms with E-state index in [0.29, 0.717) is 0 Å². The highest BCUT2D eigenvalue weighted by molar-refractivity contribution is 7.20. The van der Waals surface area contributed by atoms with Crippen molar-refractivity contribution in [3.63, 3.8) is 0 Å². The second-order valence-electron chi connectivity index (χ2n) is 5.01. The third-order valence-electron chi connectivity index (χ3n) is 3.99. The average Bonchev–Trinajstić information content (AvgIpc) is 2.83. The zero-order valence-corrected chi connectivity index (χ0v) is 10.6. The van der Waals surface area contributed by atoms with Gasteiger partial charge in [-0.05, 0) is 35.9 Å². The number of rotatable bonds is 1. The van der Waals surface area contributed by atoms with Crippen LogP contribution in [0.3, 0.4) is 0 Å². The first-order valence-corrected chi connectivity index (χ1v) is 7.14. The lowest BCUT2D eigenvalue weighted by atomic mass is 9.91. The number of thiophene rings is 1. The van der Waals surface area contributed by atoms with Crippen LogP contribution in [0.25, 0.3) is 15.7 Å². The van der Waals surface area contributed by atoms with Crippen molar-refractivity contribution < 1.29 is 0 Å². The van der Waals surface area contributed by atoms with Crippen LogP contribution in [0.5, 0.6) is 0 Å². The third-order valence-corrected chi connectivity index (χ3v) is 5.17. The molecule has 0 spiro atoms. The largest absolute Gasteiger partial charge is 0.298 e. The van der Waals surface area contributed by atoms with Gasteiger partial charge in [0.2, 0.25) is 0 Å². The summed E-state index contributed by atoms with van der Waals surface area (Å²) in [6, 6.07) is 11.1. The van der Waals surface area contributed by atoms with Gasteiger partial charge in [-0.3, -0.25) is 4.90 Å². The quantitative estimate of drug-likeness (QED) is 0.734. The highest BCUT2D eigenvalue weighted by Crippen LogP contribution is 2.38. The number of hydrogen-bond donors (Lipinski definition) is 0. The number of hydrogen-bond acceptors (Lipinski definition) is 2. The summed E-state index contributed by atoms with van der Waals surface area (Å²) in [4.78, 5) is 4.10. The molecule has 3 aliphatic heterocycles. The molecule has 2 bridgehead atoms. The zero-order chi connectivity index (χ0) is 11.2. The second kappa shape index (κ2) is 3.69. The van der Waals surface area contributed by atoms with E-state index in [1.807, 2.05) is 11.3 Å². The summed E-state index contributed by atoms with van der Waals surface area (Å²) >= 11 is 1.96. The molecular weight excluding hydrogens is 226 g/mol. The average molecular weight is 241 g/mol. The monoisotopic (exact) mass is 241 g/mol. The second-order valence-corrected chi connectivity index (χ2v) is 6.09. The smallest absolute Gasteiger partial charge is 0.0349 e. The molecular formula is C15H15NS. The van der Waals surface area contributed by atoms with E-state index in [-0.39, 0.29) is 0 Å². The first-order chi connectivity index (χ1) is 8.40. The molecule has 0 N–H and O–H groups in total. The van der Waals surface area contributed by atoms with Crippen LogP contribution in [0.4, 0.5) is 0 Å². The normalized spacial score (nSPS) is 20.5. The van der Waals surface area contributed by atoms with Crippen LogP contribution in [-0.2, 0) is 0 Å². The van der Waals surface area contributed by atoms with Gasteiger partial charge in [0.15, 0.2) is 0 Å². The van der Waals surface area contributed by atoms with E-state index in [1.165, 1.54) is 47.4 Å². The lowest BCUT2D eigenvalue weighted by Gasteiger charge is -2.36. The van der Waals surface area contributed by atoms with E-state index in [4.69, 9.17) is 0 Å². The molecule has 3 aliphatic rings. The molecule has 0 aliphatic carbocycles. The molecule has 5 rings (SSSR count). The number of nitrogens with zero attached hydrogens (tertiary/aromatic N) is 1. The van der Waals surface area contributed by atoms with Crippen molar-refractivity contribution in [1.82, 2.24) is 4.90 Å². The molecule has 2 aromatic rings. The fraction of sp³-hybridized carbons (Fsp3) is 0.333. The molecule has 1 aromatic carbocycles. The maximum absolute atomic E-state index is 2.59. The van der Waals surface area contributed by atoms with Gasteiger partial charge in [-0.25, -0.2) is 0 Å². The molecule has 1 fully saturated rings. The lowest BCUT2D eigenvalue weighted by molar-refractivity contribution is 0.269. The van der Waals surface area contributed by atoms with E-state index in [9.17, 15) is 0 Å². The molecule has 2 heteroatoms. The van der Waals surface area contributed by atoms with Crippen LogP contribution < -0.4 is 0 Å². The van der Waals surface area contributed by atoms with Crippen molar-refractivity contribution >= 4 is 27.0 Å². The maximum Gasteiger partial charge on any atom is 0.0349 e. The molecule has 0 saturated carbocycles. The highest BCUT2D eigenvalue weighted by atomic mass is 32.1. The predicted molar refractivity (Wildman–Crippen MR) is 74.4 cm³/mol. The molecule has 0 atom stereocenters. The minimum absolute atomic E-state index is 1.18. The Morgan fingerprint density at radius 2 is 1.88 bits per heavy atom. The molecule has 86 valence electrons. The molecule has 0 radical (unpaired) electrons. The van der Waals surface area contributed by atoms with Crippen molar-refractivity contribution in [2.75, 3.05) is 19.6 Å². The van der Waals surface area contributed by atoms with Gasteiger partial charge in [0.25, 0.3) is 0 Å². The minimum atomic E-state index is 1.18. The standard InChI is InChI=1S/C15H15NS/c1-2-4-14-12(3-1)9-15(17-14)13-10-16-7-5-11(13)6-8-16/h1-4,9H,5-8,10H2. The van der Waals surface area contributed by atoms with E-state index in [1.54, 1.807) is 11.1 Å². The van der Waals surface area contributed by atoms with E-state index < -0.39 is 0 Å². The molecule has 4 heterocycles. The summed E-state index contributed by atoms with van der Waals surface area (Å²) in [6.07, 6.45) is 2.59. The maximum atomic E-state index is 2.59. The Balaban J connectivity index is 1.86. The van der Waals surface area contributed by atoms with E-state index >= 15 is 0 Å². The van der Waals surface area contributed by atoms with Crippen LogP contribution in [-0.4, -0.2) is 24.5 Å². The zero-order valence-electron chi connectivity index (χ0n) is 9.78. The first-order valence-electron chi connectivity index (χ1n) is 6.32. The Morgan fingerprint density at radius 1 is 1.06 bits per heavy atom. The van der Waals surface area contributed by atoms with Gasteiger partial charge in [0.1, 0.15) is 0 Å². The summed E-state index contributed by atoms with van der Waals surface area (Å²) in [6.45, 7) is 3.75. The molecule has 0 amide bonds. The predicted octanol–water partition coefficient (Wildman–Crippen LogP) is 3.76. The van der Waals surface area contributed by atoms with Gasteiger partial charge in [-0.2, -0.15) is 0 Å². The van der Waals surface area contributed by atoms with Crippen molar-refractivity contribution in [1.29, 1.82) is 0 Å². The summed E-state index contributed by atoms with van der Waals surface area (Å²) in [7, 11) is 0. The van der Waals surface area contributed by atoms with Crippen LogP contribution in [0.2, 0.25) is 0 Å². The highest BCUT2D eigenvalue weighted by Gasteiger charge is 2.25. The number of benzene rings is 1. The molecule has 17 heavy (non-hydrogen) atoms. The Kier molecular flexibility index (Phi) is 2.14. The van der Waals surface area contributed by atoms with Crippen molar-refractivity contribution in [3.05, 3.63) is 40.8 Å². The molecule has 1 aromatic heterocycles. The number of piperidine rings is 1. The summed E-state index contributed by atoms with van der Waals surface area (Å²) < 4.78 is 1.42. The summed E-state index contributed by atoms with van der Waals surface area (Å²) in [5, 5.41) is 1.40. The summed E-state index contributed by atoms with van der Waals surface area (Å²) in [5.74, 6) is 0. The van der Waals surface area contributed by atoms with Gasteiger partial charge in [0.05, 0.1) is 0 Å². The Labute approximate surface area is 105 Å². The fourth-order valence-corrected chi connectivity index (χ4v) is 4.15. The fourth-order valence-electron chi connectivity index (χ4n) is 3.00. The van der Waals surface area contributed by atoms with E-state index in [0.717, 1.165) is 0 Å². The van der Waals surface area contributed by atoms with E-state index in [2.05, 4.69) is 35.2 Å². The molecule has 0 unspecified atom stereocenters. The Hall–Kier alpha value is -1.12. The first kappa shape index (κ1) is 9.86. The Bertz CT molecular complexity index is 565. The third kappa shape index (κ3) is 1.55. The SMILES string of the molecule is c1ccc2sc(C3=C4CCN(CC4)C3)cc2c1. The van der Waals surface area contributed by atoms with Gasteiger partial charge >= 0.3 is 0 Å². The van der Waals surface area contributed by atoms with Crippen LogP contribution >= 0.6 is 11.3 Å². The van der Waals surface area contributed by atoms with Gasteiger partial charge < -0.3 is 0 Å². The summed E-state index contributed by atoms with van der Waals surface area (Å²) in [5.41, 5.74) is 3.35. The van der Waals surface area contributed by atoms with Gasteiger partial charge in [0, 0.05) is 29.2 Å². The van der Waals surface area contributed by atoms with Crippen molar-refractivity contribution in [2.24, 2.45) is 0 Å². The minimum Gasteiger partial charge on any atom is -0.298 e. The molecule has 1 saturated heterocycles. The van der Waals surface area contributed by atoms with Crippen LogP contribution in [0.1, 0.15) is 17.7 Å². The van der Waals surface area contributed by atoms with Crippen molar-refractivity contribution in [3.8, 4) is 0 Å². The van der Waals surface area contributed by atoms with Crippen molar-refractivity contribution in [2.45, 2.75) is 12.8 Å². The van der Waals surface area contributed by atoms with Crippen LogP contribution in [0, 0.1) is 0 Å². The lowest BCUT2D eigenvalue weighted by Crippen LogP contribution is -2.37. The topological polar surface area (TPSA) is 3.24 Å². The van der Waals surface area contributed by atoms with Crippen LogP contribution in [0.15, 0.2) is 35.9 Å². The van der Waals surface area contributed by atoms with Gasteiger partial charge in [-0.15, -0.1) is 11.3 Å².